The fourth-order valence-electron chi connectivity index (χ4n) is 4.80. The van der Waals surface area contributed by atoms with Crippen molar-refractivity contribution in [2.45, 2.75) is 32.1 Å². The molecule has 0 aromatic carbocycles. The molecule has 0 saturated heterocycles. The molecular weight excluding hydrogens is 170 g/mol. The zero-order valence-corrected chi connectivity index (χ0v) is 9.58. The van der Waals surface area contributed by atoms with Gasteiger partial charge in [-0.25, -0.2) is 0 Å². The first-order valence-corrected chi connectivity index (χ1v) is 6.38. The van der Waals surface area contributed by atoms with Gasteiger partial charge in [0.15, 0.2) is 0 Å². The Bertz CT molecular complexity index is 205. The SMILES string of the molecule is CN(C)CC1CC2C3CCC(C3)C2C1. The molecule has 4 unspecified atom stereocenters. The van der Waals surface area contributed by atoms with Gasteiger partial charge in [0.2, 0.25) is 0 Å². The van der Waals surface area contributed by atoms with Crippen LogP contribution >= 0.6 is 0 Å². The van der Waals surface area contributed by atoms with E-state index in [9.17, 15) is 0 Å². The third-order valence-corrected chi connectivity index (χ3v) is 5.11. The Labute approximate surface area is 87.9 Å². The van der Waals surface area contributed by atoms with E-state index in [4.69, 9.17) is 0 Å². The molecule has 80 valence electrons. The normalized spacial score (nSPS) is 50.4. The van der Waals surface area contributed by atoms with Gasteiger partial charge in [-0.2, -0.15) is 0 Å². The summed E-state index contributed by atoms with van der Waals surface area (Å²) in [4.78, 5) is 2.38. The van der Waals surface area contributed by atoms with E-state index in [-0.39, 0.29) is 0 Å². The Kier molecular flexibility index (Phi) is 2.12. The summed E-state index contributed by atoms with van der Waals surface area (Å²) in [7, 11) is 4.45. The molecule has 3 aliphatic rings. The molecule has 14 heavy (non-hydrogen) atoms. The molecule has 2 bridgehead atoms. The standard InChI is InChI=1S/C13H23N/c1-14(2)8-9-5-12-10-3-4-11(7-10)13(12)6-9/h9-13H,3-8H2,1-2H3. The van der Waals surface area contributed by atoms with Gasteiger partial charge in [0, 0.05) is 6.54 Å². The first-order chi connectivity index (χ1) is 6.74. The first-order valence-electron chi connectivity index (χ1n) is 6.38. The van der Waals surface area contributed by atoms with Gasteiger partial charge in [-0.3, -0.25) is 0 Å². The molecule has 0 heterocycles. The second-order valence-corrected chi connectivity index (χ2v) is 6.26. The summed E-state index contributed by atoms with van der Waals surface area (Å²) in [5.74, 6) is 5.63. The summed E-state index contributed by atoms with van der Waals surface area (Å²) in [5, 5.41) is 0. The Hall–Kier alpha value is -0.0400. The minimum atomic E-state index is 1.03. The number of hydrogen-bond donors (Lipinski definition) is 0. The Morgan fingerprint density at radius 3 is 2.00 bits per heavy atom. The quantitative estimate of drug-likeness (QED) is 0.651. The molecule has 3 rings (SSSR count). The molecule has 0 amide bonds. The maximum Gasteiger partial charge on any atom is 0.000377 e. The Morgan fingerprint density at radius 2 is 1.50 bits per heavy atom. The number of rotatable bonds is 2. The maximum atomic E-state index is 2.38. The van der Waals surface area contributed by atoms with Gasteiger partial charge < -0.3 is 4.90 Å². The lowest BCUT2D eigenvalue weighted by Gasteiger charge is -2.23. The monoisotopic (exact) mass is 193 g/mol. The third-order valence-electron chi connectivity index (χ3n) is 5.11. The van der Waals surface area contributed by atoms with Crippen LogP contribution in [0.5, 0.6) is 0 Å². The van der Waals surface area contributed by atoms with E-state index in [1.165, 1.54) is 6.54 Å². The number of fused-ring (bicyclic) bond motifs is 5. The van der Waals surface area contributed by atoms with Crippen molar-refractivity contribution in [3.05, 3.63) is 0 Å². The summed E-state index contributed by atoms with van der Waals surface area (Å²) in [6.45, 7) is 1.34. The molecule has 0 N–H and O–H groups in total. The fraction of sp³-hybridized carbons (Fsp3) is 1.00. The molecule has 1 nitrogen and oxygen atoms in total. The molecule has 3 fully saturated rings. The van der Waals surface area contributed by atoms with E-state index in [1.807, 2.05) is 0 Å². The van der Waals surface area contributed by atoms with Crippen molar-refractivity contribution in [2.24, 2.45) is 29.6 Å². The van der Waals surface area contributed by atoms with Gasteiger partial charge in [0.25, 0.3) is 0 Å². The smallest absolute Gasteiger partial charge is 0.000377 e. The molecule has 0 aliphatic heterocycles. The van der Waals surface area contributed by atoms with Crippen LogP contribution in [0.15, 0.2) is 0 Å². The van der Waals surface area contributed by atoms with E-state index in [0.717, 1.165) is 29.6 Å². The Morgan fingerprint density at radius 1 is 0.929 bits per heavy atom. The fourth-order valence-corrected chi connectivity index (χ4v) is 4.80. The van der Waals surface area contributed by atoms with Crippen molar-refractivity contribution in [3.8, 4) is 0 Å². The average molecular weight is 193 g/mol. The molecule has 0 spiro atoms. The van der Waals surface area contributed by atoms with E-state index in [2.05, 4.69) is 19.0 Å². The van der Waals surface area contributed by atoms with Crippen LogP contribution in [0.1, 0.15) is 32.1 Å². The van der Waals surface area contributed by atoms with E-state index in [1.54, 1.807) is 32.1 Å². The topological polar surface area (TPSA) is 3.24 Å². The van der Waals surface area contributed by atoms with Crippen LogP contribution in [0.3, 0.4) is 0 Å². The van der Waals surface area contributed by atoms with Crippen molar-refractivity contribution < 1.29 is 0 Å². The van der Waals surface area contributed by atoms with Crippen LogP contribution in [0.25, 0.3) is 0 Å². The predicted octanol–water partition coefficient (Wildman–Crippen LogP) is 2.62. The lowest BCUT2D eigenvalue weighted by atomic mass is 9.82. The lowest BCUT2D eigenvalue weighted by molar-refractivity contribution is 0.259. The predicted molar refractivity (Wildman–Crippen MR) is 59.1 cm³/mol. The van der Waals surface area contributed by atoms with Crippen molar-refractivity contribution >= 4 is 0 Å². The molecule has 0 aromatic heterocycles. The molecule has 0 aromatic rings. The zero-order valence-electron chi connectivity index (χ0n) is 9.58. The van der Waals surface area contributed by atoms with Crippen molar-refractivity contribution in [1.82, 2.24) is 4.90 Å². The average Bonchev–Trinajstić information content (AvgIpc) is 2.69. The number of hydrogen-bond acceptors (Lipinski definition) is 1. The third kappa shape index (κ3) is 1.32. The highest BCUT2D eigenvalue weighted by Crippen LogP contribution is 2.59. The second-order valence-electron chi connectivity index (χ2n) is 6.26. The summed E-state index contributed by atoms with van der Waals surface area (Å²) in [6, 6.07) is 0. The summed E-state index contributed by atoms with van der Waals surface area (Å²) in [6.07, 6.45) is 7.86. The molecular formula is C13H23N. The van der Waals surface area contributed by atoms with E-state index < -0.39 is 0 Å². The highest BCUT2D eigenvalue weighted by Gasteiger charge is 2.51. The van der Waals surface area contributed by atoms with Gasteiger partial charge in [-0.05, 0) is 75.8 Å². The van der Waals surface area contributed by atoms with Crippen LogP contribution in [0, 0.1) is 29.6 Å². The summed E-state index contributed by atoms with van der Waals surface area (Å²) in [5.41, 5.74) is 0. The largest absolute Gasteiger partial charge is 0.309 e. The van der Waals surface area contributed by atoms with Gasteiger partial charge in [0.1, 0.15) is 0 Å². The van der Waals surface area contributed by atoms with Crippen LogP contribution in [-0.2, 0) is 0 Å². The van der Waals surface area contributed by atoms with Gasteiger partial charge >= 0.3 is 0 Å². The van der Waals surface area contributed by atoms with Crippen LogP contribution in [0.4, 0.5) is 0 Å². The van der Waals surface area contributed by atoms with Gasteiger partial charge in [-0.1, -0.05) is 0 Å². The molecule has 3 saturated carbocycles. The number of nitrogens with zero attached hydrogens (tertiary/aromatic N) is 1. The molecule has 1 heteroatoms. The van der Waals surface area contributed by atoms with Crippen molar-refractivity contribution in [1.29, 1.82) is 0 Å². The maximum absolute atomic E-state index is 2.38. The molecule has 3 aliphatic carbocycles. The molecule has 4 atom stereocenters. The van der Waals surface area contributed by atoms with Gasteiger partial charge in [-0.15, -0.1) is 0 Å². The molecule has 0 radical (unpaired) electrons. The van der Waals surface area contributed by atoms with Crippen molar-refractivity contribution in [2.75, 3.05) is 20.6 Å². The highest BCUT2D eigenvalue weighted by molar-refractivity contribution is 5.01. The van der Waals surface area contributed by atoms with Crippen LogP contribution < -0.4 is 0 Å². The lowest BCUT2D eigenvalue weighted by Crippen LogP contribution is -2.20. The Balaban J connectivity index is 1.65. The van der Waals surface area contributed by atoms with Crippen LogP contribution in [0.2, 0.25) is 0 Å². The highest BCUT2D eigenvalue weighted by atomic mass is 15.1. The second kappa shape index (κ2) is 3.23. The van der Waals surface area contributed by atoms with Gasteiger partial charge in [0.05, 0.1) is 0 Å². The van der Waals surface area contributed by atoms with E-state index in [0.29, 0.717) is 0 Å². The van der Waals surface area contributed by atoms with Crippen LogP contribution in [-0.4, -0.2) is 25.5 Å². The zero-order chi connectivity index (χ0) is 9.71. The van der Waals surface area contributed by atoms with E-state index >= 15 is 0 Å². The van der Waals surface area contributed by atoms with Crippen molar-refractivity contribution in [3.63, 3.8) is 0 Å². The first kappa shape index (κ1) is 9.21. The summed E-state index contributed by atoms with van der Waals surface area (Å²) >= 11 is 0. The minimum Gasteiger partial charge on any atom is -0.309 e. The summed E-state index contributed by atoms with van der Waals surface area (Å²) < 4.78 is 0. The minimum absolute atomic E-state index is 1.03.